The summed E-state index contributed by atoms with van der Waals surface area (Å²) in [5.74, 6) is 0. The minimum absolute atomic E-state index is 0.226. The van der Waals surface area contributed by atoms with Gasteiger partial charge in [-0.2, -0.15) is 9.78 Å². The second-order valence-electron chi connectivity index (χ2n) is 4.61. The highest BCUT2D eigenvalue weighted by atomic mass is 32.2. The van der Waals surface area contributed by atoms with Crippen LogP contribution in [0.1, 0.15) is 5.56 Å². The molecular weight excluding hydrogens is 314 g/mol. The van der Waals surface area contributed by atoms with E-state index in [-0.39, 0.29) is 10.3 Å². The number of benzene rings is 2. The normalized spacial score (nSPS) is 11.3. The van der Waals surface area contributed by atoms with Gasteiger partial charge < -0.3 is 4.98 Å². The van der Waals surface area contributed by atoms with Crippen LogP contribution in [-0.4, -0.2) is 22.1 Å². The van der Waals surface area contributed by atoms with Crippen molar-refractivity contribution in [3.05, 3.63) is 69.2 Å². The van der Waals surface area contributed by atoms with E-state index in [0.29, 0.717) is 10.9 Å². The standard InChI is InChI=1S/C16H13N3OS2/c1-22-12-8-6-11(7-9-12)10-17-19-15(20)13-4-2-3-5-14(13)18-16(19)21/h2-10H,1H3,(H,18,21)/b17-10-. The second kappa shape index (κ2) is 6.29. The van der Waals surface area contributed by atoms with Crippen LogP contribution in [0.25, 0.3) is 10.9 Å². The summed E-state index contributed by atoms with van der Waals surface area (Å²) in [6, 6.07) is 15.2. The Bertz CT molecular complexity index is 956. The van der Waals surface area contributed by atoms with Crippen molar-refractivity contribution in [2.24, 2.45) is 5.10 Å². The lowest BCUT2D eigenvalue weighted by molar-refractivity contribution is 0.800. The molecule has 0 bridgehead atoms. The van der Waals surface area contributed by atoms with Gasteiger partial charge in [0, 0.05) is 4.90 Å². The van der Waals surface area contributed by atoms with Gasteiger partial charge in [-0.15, -0.1) is 11.8 Å². The predicted octanol–water partition coefficient (Wildman–Crippen LogP) is 3.66. The van der Waals surface area contributed by atoms with Crippen LogP contribution in [0.5, 0.6) is 0 Å². The van der Waals surface area contributed by atoms with E-state index in [0.717, 1.165) is 5.56 Å². The smallest absolute Gasteiger partial charge is 0.282 e. The Labute approximate surface area is 136 Å². The molecule has 0 saturated heterocycles. The minimum Gasteiger partial charge on any atom is -0.330 e. The Kier molecular flexibility index (Phi) is 4.22. The van der Waals surface area contributed by atoms with Gasteiger partial charge >= 0.3 is 0 Å². The van der Waals surface area contributed by atoms with Gasteiger partial charge in [0.2, 0.25) is 4.77 Å². The molecule has 0 aliphatic carbocycles. The van der Waals surface area contributed by atoms with Crippen molar-refractivity contribution >= 4 is 41.1 Å². The Balaban J connectivity index is 2.04. The van der Waals surface area contributed by atoms with Crippen LogP contribution in [0.15, 0.2) is 63.3 Å². The minimum atomic E-state index is -0.226. The van der Waals surface area contributed by atoms with Crippen LogP contribution in [0.4, 0.5) is 0 Å². The van der Waals surface area contributed by atoms with E-state index in [2.05, 4.69) is 10.1 Å². The van der Waals surface area contributed by atoms with E-state index in [9.17, 15) is 4.79 Å². The zero-order valence-electron chi connectivity index (χ0n) is 11.8. The molecule has 0 fully saturated rings. The molecule has 1 N–H and O–H groups in total. The number of nitrogens with one attached hydrogen (secondary N) is 1. The molecule has 0 unspecified atom stereocenters. The largest absolute Gasteiger partial charge is 0.330 e. The van der Waals surface area contributed by atoms with Crippen molar-refractivity contribution in [1.82, 2.24) is 9.66 Å². The average Bonchev–Trinajstić information content (AvgIpc) is 2.55. The zero-order chi connectivity index (χ0) is 15.5. The number of thioether (sulfide) groups is 1. The molecule has 0 saturated carbocycles. The fraction of sp³-hybridized carbons (Fsp3) is 0.0625. The maximum Gasteiger partial charge on any atom is 0.282 e. The summed E-state index contributed by atoms with van der Waals surface area (Å²) in [5, 5.41) is 4.78. The van der Waals surface area contributed by atoms with Crippen LogP contribution in [0, 0.1) is 4.77 Å². The van der Waals surface area contributed by atoms with Gasteiger partial charge in [0.25, 0.3) is 5.56 Å². The number of para-hydroxylation sites is 1. The number of fused-ring (bicyclic) bond motifs is 1. The molecular formula is C16H13N3OS2. The van der Waals surface area contributed by atoms with Gasteiger partial charge in [0.15, 0.2) is 0 Å². The van der Waals surface area contributed by atoms with E-state index in [1.54, 1.807) is 24.0 Å². The fourth-order valence-electron chi connectivity index (χ4n) is 2.07. The van der Waals surface area contributed by atoms with Gasteiger partial charge in [-0.05, 0) is 48.3 Å². The van der Waals surface area contributed by atoms with Gasteiger partial charge in [0.05, 0.1) is 17.1 Å². The molecule has 0 aliphatic rings. The Morgan fingerprint density at radius 2 is 1.91 bits per heavy atom. The van der Waals surface area contributed by atoms with Crippen molar-refractivity contribution in [2.75, 3.05) is 6.26 Å². The van der Waals surface area contributed by atoms with Crippen LogP contribution in [-0.2, 0) is 0 Å². The third kappa shape index (κ3) is 2.88. The Morgan fingerprint density at radius 1 is 1.18 bits per heavy atom. The summed E-state index contributed by atoms with van der Waals surface area (Å²) in [6.45, 7) is 0. The summed E-state index contributed by atoms with van der Waals surface area (Å²) in [5.41, 5.74) is 1.40. The van der Waals surface area contributed by atoms with Crippen LogP contribution < -0.4 is 5.56 Å². The number of rotatable bonds is 3. The summed E-state index contributed by atoms with van der Waals surface area (Å²) < 4.78 is 1.49. The summed E-state index contributed by atoms with van der Waals surface area (Å²) in [6.07, 6.45) is 3.65. The van der Waals surface area contributed by atoms with E-state index in [4.69, 9.17) is 12.2 Å². The maximum absolute atomic E-state index is 12.4. The molecule has 3 rings (SSSR count). The predicted molar refractivity (Wildman–Crippen MR) is 94.6 cm³/mol. The van der Waals surface area contributed by atoms with Crippen LogP contribution in [0.2, 0.25) is 0 Å². The van der Waals surface area contributed by atoms with Gasteiger partial charge in [-0.1, -0.05) is 24.3 Å². The molecule has 0 radical (unpaired) electrons. The van der Waals surface area contributed by atoms with Crippen molar-refractivity contribution in [3.63, 3.8) is 0 Å². The van der Waals surface area contributed by atoms with Gasteiger partial charge in [0.1, 0.15) is 0 Å². The Hall–Kier alpha value is -2.18. The fourth-order valence-corrected chi connectivity index (χ4v) is 2.72. The van der Waals surface area contributed by atoms with E-state index >= 15 is 0 Å². The number of H-pyrrole nitrogens is 1. The van der Waals surface area contributed by atoms with E-state index < -0.39 is 0 Å². The third-order valence-corrected chi connectivity index (χ3v) is 4.24. The molecule has 0 amide bonds. The molecule has 110 valence electrons. The van der Waals surface area contributed by atoms with Crippen molar-refractivity contribution in [2.45, 2.75) is 4.90 Å². The second-order valence-corrected chi connectivity index (χ2v) is 5.88. The lowest BCUT2D eigenvalue weighted by Gasteiger charge is -2.02. The van der Waals surface area contributed by atoms with Crippen molar-refractivity contribution < 1.29 is 0 Å². The molecule has 0 spiro atoms. The number of hydrogen-bond donors (Lipinski definition) is 1. The lowest BCUT2D eigenvalue weighted by atomic mass is 10.2. The SMILES string of the molecule is CSc1ccc(/C=N\n2c(=S)[nH]c3ccccc3c2=O)cc1. The molecule has 2 aromatic carbocycles. The van der Waals surface area contributed by atoms with Crippen LogP contribution in [0.3, 0.4) is 0 Å². The highest BCUT2D eigenvalue weighted by Crippen LogP contribution is 2.14. The molecule has 1 aromatic heterocycles. The first-order chi connectivity index (χ1) is 10.7. The van der Waals surface area contributed by atoms with Crippen LogP contribution >= 0.6 is 24.0 Å². The molecule has 0 atom stereocenters. The molecule has 1 heterocycles. The number of nitrogens with zero attached hydrogens (tertiary/aromatic N) is 2. The molecule has 0 aliphatic heterocycles. The van der Waals surface area contributed by atoms with Gasteiger partial charge in [-0.3, -0.25) is 4.79 Å². The number of aromatic amines is 1. The highest BCUT2D eigenvalue weighted by Gasteiger charge is 2.03. The lowest BCUT2D eigenvalue weighted by Crippen LogP contribution is -2.18. The third-order valence-electron chi connectivity index (χ3n) is 3.22. The van der Waals surface area contributed by atoms with E-state index in [1.165, 1.54) is 9.57 Å². The van der Waals surface area contributed by atoms with Crippen molar-refractivity contribution in [3.8, 4) is 0 Å². The topological polar surface area (TPSA) is 50.1 Å². The molecule has 22 heavy (non-hydrogen) atoms. The summed E-state index contributed by atoms with van der Waals surface area (Å²) in [7, 11) is 0. The monoisotopic (exact) mass is 327 g/mol. The number of hydrogen-bond acceptors (Lipinski definition) is 4. The van der Waals surface area contributed by atoms with E-state index in [1.807, 2.05) is 48.7 Å². The molecule has 4 nitrogen and oxygen atoms in total. The first-order valence-electron chi connectivity index (χ1n) is 6.61. The first-order valence-corrected chi connectivity index (χ1v) is 8.25. The molecule has 6 heteroatoms. The quantitative estimate of drug-likeness (QED) is 0.454. The Morgan fingerprint density at radius 3 is 2.64 bits per heavy atom. The summed E-state index contributed by atoms with van der Waals surface area (Å²) in [4.78, 5) is 16.6. The van der Waals surface area contributed by atoms with Gasteiger partial charge in [-0.25, -0.2) is 0 Å². The highest BCUT2D eigenvalue weighted by molar-refractivity contribution is 7.98. The maximum atomic E-state index is 12.4. The zero-order valence-corrected chi connectivity index (χ0v) is 13.4. The average molecular weight is 327 g/mol. The first kappa shape index (κ1) is 14.7. The number of aromatic nitrogens is 2. The summed E-state index contributed by atoms with van der Waals surface area (Å²) >= 11 is 6.89. The molecule has 3 aromatic rings. The van der Waals surface area contributed by atoms with Crippen molar-refractivity contribution in [1.29, 1.82) is 0 Å².